The number of fused-ring (bicyclic) bond motifs is 1. The van der Waals surface area contributed by atoms with Gasteiger partial charge in [0.1, 0.15) is 11.3 Å². The van der Waals surface area contributed by atoms with E-state index in [-0.39, 0.29) is 6.61 Å². The number of rotatable bonds is 2. The molecule has 25 heavy (non-hydrogen) atoms. The SMILES string of the molecule is C[C@@H](CO)NC(=O)C#Cc1cc2ccccc2n1C(=O)OC(C)(C)C. The van der Waals surface area contributed by atoms with Gasteiger partial charge in [-0.15, -0.1) is 0 Å². The van der Waals surface area contributed by atoms with E-state index in [1.165, 1.54) is 4.57 Å². The fraction of sp³-hybridized carbons (Fsp3) is 0.368. The zero-order chi connectivity index (χ0) is 18.6. The Morgan fingerprint density at radius 3 is 2.64 bits per heavy atom. The molecule has 0 aliphatic rings. The predicted octanol–water partition coefficient (Wildman–Crippen LogP) is 2.27. The number of benzene rings is 1. The Morgan fingerprint density at radius 2 is 2.00 bits per heavy atom. The summed E-state index contributed by atoms with van der Waals surface area (Å²) in [5.41, 5.74) is 0.369. The van der Waals surface area contributed by atoms with E-state index in [0.717, 1.165) is 5.39 Å². The van der Waals surface area contributed by atoms with Gasteiger partial charge >= 0.3 is 6.09 Å². The van der Waals surface area contributed by atoms with Gasteiger partial charge in [0.2, 0.25) is 0 Å². The summed E-state index contributed by atoms with van der Waals surface area (Å²) < 4.78 is 6.80. The Labute approximate surface area is 146 Å². The third kappa shape index (κ3) is 4.85. The highest BCUT2D eigenvalue weighted by Gasteiger charge is 2.21. The second-order valence-corrected chi connectivity index (χ2v) is 6.71. The van der Waals surface area contributed by atoms with Gasteiger partial charge in [-0.2, -0.15) is 0 Å². The minimum Gasteiger partial charge on any atom is -0.443 e. The number of hydrogen-bond acceptors (Lipinski definition) is 4. The summed E-state index contributed by atoms with van der Waals surface area (Å²) in [4.78, 5) is 24.4. The van der Waals surface area contributed by atoms with Crippen LogP contribution in [0.1, 0.15) is 33.4 Å². The van der Waals surface area contributed by atoms with Crippen molar-refractivity contribution in [2.24, 2.45) is 0 Å². The number of carbonyl (C=O) groups is 2. The van der Waals surface area contributed by atoms with Crippen LogP contribution in [-0.2, 0) is 9.53 Å². The van der Waals surface area contributed by atoms with Crippen molar-refractivity contribution in [2.75, 3.05) is 6.61 Å². The Hall–Kier alpha value is -2.78. The fourth-order valence-electron chi connectivity index (χ4n) is 2.18. The second-order valence-electron chi connectivity index (χ2n) is 6.71. The number of nitrogens with one attached hydrogen (secondary N) is 1. The van der Waals surface area contributed by atoms with Crippen molar-refractivity contribution in [3.63, 3.8) is 0 Å². The van der Waals surface area contributed by atoms with Gasteiger partial charge in [0.25, 0.3) is 5.91 Å². The molecule has 1 aromatic carbocycles. The van der Waals surface area contributed by atoms with Crippen molar-refractivity contribution < 1.29 is 19.4 Å². The van der Waals surface area contributed by atoms with Crippen LogP contribution in [0, 0.1) is 11.8 Å². The molecule has 0 saturated heterocycles. The van der Waals surface area contributed by atoms with Gasteiger partial charge in [-0.05, 0) is 45.7 Å². The summed E-state index contributed by atoms with van der Waals surface area (Å²) in [6.07, 6.45) is -0.554. The molecule has 0 fully saturated rings. The lowest BCUT2D eigenvalue weighted by atomic mass is 10.2. The standard InChI is InChI=1S/C19H22N2O4/c1-13(12-22)20-17(23)10-9-15-11-14-7-5-6-8-16(14)21(15)18(24)25-19(2,3)4/h5-8,11,13,22H,12H2,1-4H3,(H,20,23)/t13-/m0/s1. The maximum Gasteiger partial charge on any atom is 0.420 e. The zero-order valence-corrected chi connectivity index (χ0v) is 14.8. The molecule has 6 nitrogen and oxygen atoms in total. The highest BCUT2D eigenvalue weighted by atomic mass is 16.6. The van der Waals surface area contributed by atoms with E-state index < -0.39 is 23.6 Å². The van der Waals surface area contributed by atoms with Crippen LogP contribution in [0.15, 0.2) is 30.3 Å². The average molecular weight is 342 g/mol. The Kier molecular flexibility index (Phi) is 5.50. The van der Waals surface area contributed by atoms with Gasteiger partial charge in [0.15, 0.2) is 0 Å². The Morgan fingerprint density at radius 1 is 1.32 bits per heavy atom. The van der Waals surface area contributed by atoms with Crippen LogP contribution in [0.4, 0.5) is 4.79 Å². The summed E-state index contributed by atoms with van der Waals surface area (Å²) in [5, 5.41) is 12.3. The molecule has 0 unspecified atom stereocenters. The average Bonchev–Trinajstić information content (AvgIpc) is 2.89. The van der Waals surface area contributed by atoms with E-state index in [1.54, 1.807) is 39.8 Å². The minimum absolute atomic E-state index is 0.175. The number of ether oxygens (including phenoxy) is 1. The minimum atomic E-state index is -0.652. The van der Waals surface area contributed by atoms with Gasteiger partial charge in [0.05, 0.1) is 18.2 Å². The van der Waals surface area contributed by atoms with Crippen LogP contribution in [-0.4, -0.2) is 39.9 Å². The number of aliphatic hydroxyl groups is 1. The first-order valence-corrected chi connectivity index (χ1v) is 7.98. The third-order valence-electron chi connectivity index (χ3n) is 3.24. The van der Waals surface area contributed by atoms with E-state index >= 15 is 0 Å². The molecule has 132 valence electrons. The first-order chi connectivity index (χ1) is 11.7. The molecule has 2 N–H and O–H groups in total. The number of nitrogens with zero attached hydrogens (tertiary/aromatic N) is 1. The highest BCUT2D eigenvalue weighted by molar-refractivity contribution is 5.96. The van der Waals surface area contributed by atoms with Gasteiger partial charge in [-0.1, -0.05) is 18.2 Å². The number of aliphatic hydroxyl groups excluding tert-OH is 1. The largest absolute Gasteiger partial charge is 0.443 e. The van der Waals surface area contributed by atoms with E-state index in [4.69, 9.17) is 9.84 Å². The molecule has 0 saturated carbocycles. The first kappa shape index (κ1) is 18.6. The maximum absolute atomic E-state index is 12.6. The number of amides is 1. The van der Waals surface area contributed by atoms with Crippen LogP contribution in [0.2, 0.25) is 0 Å². The molecule has 1 amide bonds. The normalized spacial score (nSPS) is 12.2. The van der Waals surface area contributed by atoms with Crippen LogP contribution in [0.3, 0.4) is 0 Å². The molecule has 2 rings (SSSR count). The number of para-hydroxylation sites is 1. The van der Waals surface area contributed by atoms with Gasteiger partial charge in [-0.25, -0.2) is 9.36 Å². The first-order valence-electron chi connectivity index (χ1n) is 7.98. The molecule has 6 heteroatoms. The van der Waals surface area contributed by atoms with E-state index in [0.29, 0.717) is 11.2 Å². The Balaban J connectivity index is 2.42. The molecular weight excluding hydrogens is 320 g/mol. The summed E-state index contributed by atoms with van der Waals surface area (Å²) in [5.74, 6) is 4.64. The van der Waals surface area contributed by atoms with E-state index in [2.05, 4.69) is 17.2 Å². The molecule has 1 aromatic heterocycles. The fourth-order valence-corrected chi connectivity index (χ4v) is 2.18. The molecule has 0 bridgehead atoms. The molecule has 0 aliphatic carbocycles. The van der Waals surface area contributed by atoms with Crippen molar-refractivity contribution in [1.82, 2.24) is 9.88 Å². The quantitative estimate of drug-likeness (QED) is 0.821. The van der Waals surface area contributed by atoms with Crippen molar-refractivity contribution in [3.8, 4) is 11.8 Å². The Bertz CT molecular complexity index is 850. The summed E-state index contributed by atoms with van der Waals surface area (Å²) >= 11 is 0. The molecule has 1 heterocycles. The monoisotopic (exact) mass is 342 g/mol. The van der Waals surface area contributed by atoms with E-state index in [9.17, 15) is 9.59 Å². The topological polar surface area (TPSA) is 80.6 Å². The molecule has 0 radical (unpaired) electrons. The number of hydrogen-bond donors (Lipinski definition) is 2. The van der Waals surface area contributed by atoms with Gasteiger partial charge in [-0.3, -0.25) is 4.79 Å². The molecule has 0 spiro atoms. The highest BCUT2D eigenvalue weighted by Crippen LogP contribution is 2.21. The van der Waals surface area contributed by atoms with Crippen LogP contribution in [0.5, 0.6) is 0 Å². The van der Waals surface area contributed by atoms with E-state index in [1.807, 2.05) is 18.2 Å². The van der Waals surface area contributed by atoms with Gasteiger partial charge in [0, 0.05) is 11.3 Å². The lowest BCUT2D eigenvalue weighted by Crippen LogP contribution is -2.34. The van der Waals surface area contributed by atoms with Crippen molar-refractivity contribution in [2.45, 2.75) is 39.3 Å². The molecule has 1 atom stereocenters. The smallest absolute Gasteiger partial charge is 0.420 e. The van der Waals surface area contributed by atoms with Crippen molar-refractivity contribution in [3.05, 3.63) is 36.0 Å². The van der Waals surface area contributed by atoms with Crippen LogP contribution < -0.4 is 5.32 Å². The zero-order valence-electron chi connectivity index (χ0n) is 14.8. The number of aromatic nitrogens is 1. The maximum atomic E-state index is 12.6. The number of carbonyl (C=O) groups excluding carboxylic acids is 2. The predicted molar refractivity (Wildman–Crippen MR) is 95.1 cm³/mol. The molecule has 2 aromatic rings. The van der Waals surface area contributed by atoms with Gasteiger partial charge < -0.3 is 15.2 Å². The van der Waals surface area contributed by atoms with Crippen molar-refractivity contribution >= 4 is 22.9 Å². The lowest BCUT2D eigenvalue weighted by Gasteiger charge is -2.20. The van der Waals surface area contributed by atoms with Crippen LogP contribution in [0.25, 0.3) is 10.9 Å². The molecule has 0 aliphatic heterocycles. The lowest BCUT2D eigenvalue weighted by molar-refractivity contribution is -0.116. The summed E-state index contributed by atoms with van der Waals surface area (Å²) in [6, 6.07) is 8.66. The summed E-state index contributed by atoms with van der Waals surface area (Å²) in [6.45, 7) is 6.84. The summed E-state index contributed by atoms with van der Waals surface area (Å²) in [7, 11) is 0. The van der Waals surface area contributed by atoms with Crippen LogP contribution >= 0.6 is 0 Å². The van der Waals surface area contributed by atoms with Crippen molar-refractivity contribution in [1.29, 1.82) is 0 Å². The molecular formula is C19H22N2O4. The second kappa shape index (κ2) is 7.41. The third-order valence-corrected chi connectivity index (χ3v) is 3.24.